The van der Waals surface area contributed by atoms with Gasteiger partial charge in [-0.3, -0.25) is 4.79 Å². The van der Waals surface area contributed by atoms with E-state index in [1.54, 1.807) is 4.90 Å². The molecule has 4 nitrogen and oxygen atoms in total. The average Bonchev–Trinajstić information content (AvgIpc) is 2.58. The number of aliphatic hydroxyl groups is 1. The summed E-state index contributed by atoms with van der Waals surface area (Å²) >= 11 is 0. The van der Waals surface area contributed by atoms with E-state index in [-0.39, 0.29) is 5.91 Å². The Labute approximate surface area is 114 Å². The summed E-state index contributed by atoms with van der Waals surface area (Å²) in [6.45, 7) is 7.52. The van der Waals surface area contributed by atoms with Crippen molar-refractivity contribution in [2.75, 3.05) is 24.5 Å². The zero-order valence-corrected chi connectivity index (χ0v) is 11.8. The molecule has 1 amide bonds. The molecule has 1 aromatic carbocycles. The Balaban J connectivity index is 2.20. The van der Waals surface area contributed by atoms with E-state index in [1.807, 2.05) is 45.0 Å². The zero-order chi connectivity index (χ0) is 14.0. The number of benzene rings is 1. The predicted octanol–water partition coefficient (Wildman–Crippen LogP) is 1.28. The van der Waals surface area contributed by atoms with Crippen LogP contribution in [0.15, 0.2) is 24.3 Å². The van der Waals surface area contributed by atoms with Gasteiger partial charge in [0.1, 0.15) is 0 Å². The van der Waals surface area contributed by atoms with E-state index >= 15 is 0 Å². The van der Waals surface area contributed by atoms with Crippen molar-refractivity contribution in [3.05, 3.63) is 29.8 Å². The lowest BCUT2D eigenvalue weighted by Gasteiger charge is -2.23. The fraction of sp³-hybridized carbons (Fsp3) is 0.533. The molecule has 0 spiro atoms. The maximum atomic E-state index is 12.5. The topological polar surface area (TPSA) is 52.6 Å². The third-order valence-electron chi connectivity index (χ3n) is 3.67. The van der Waals surface area contributed by atoms with Crippen molar-refractivity contribution in [1.29, 1.82) is 0 Å². The fourth-order valence-electron chi connectivity index (χ4n) is 2.57. The zero-order valence-electron chi connectivity index (χ0n) is 11.8. The van der Waals surface area contributed by atoms with Crippen LogP contribution in [0, 0.1) is 0 Å². The lowest BCUT2D eigenvalue weighted by Crippen LogP contribution is -2.43. The van der Waals surface area contributed by atoms with Crippen LogP contribution in [0.5, 0.6) is 0 Å². The summed E-state index contributed by atoms with van der Waals surface area (Å²) in [6, 6.07) is 7.81. The number of aliphatic hydroxyl groups excluding tert-OH is 1. The standard InChI is InChI=1S/C15H22N2O2/c1-4-16-9-11(18)10-17-13-8-6-5-7-12(13)15(2,3)14(17)19/h5-8,11,16,18H,4,9-10H2,1-3H3. The second-order valence-corrected chi connectivity index (χ2v) is 5.52. The lowest BCUT2D eigenvalue weighted by molar-refractivity contribution is -0.122. The number of amides is 1. The molecule has 0 saturated carbocycles. The molecule has 0 aromatic heterocycles. The quantitative estimate of drug-likeness (QED) is 0.840. The molecule has 1 unspecified atom stereocenters. The molecule has 1 atom stereocenters. The van der Waals surface area contributed by atoms with Crippen molar-refractivity contribution >= 4 is 11.6 Å². The minimum Gasteiger partial charge on any atom is -0.390 e. The first kappa shape index (κ1) is 14.0. The van der Waals surface area contributed by atoms with Gasteiger partial charge in [0, 0.05) is 12.2 Å². The number of carbonyl (C=O) groups excluding carboxylic acids is 1. The van der Waals surface area contributed by atoms with E-state index in [1.165, 1.54) is 0 Å². The van der Waals surface area contributed by atoms with Crippen molar-refractivity contribution in [2.24, 2.45) is 0 Å². The van der Waals surface area contributed by atoms with Crippen LogP contribution >= 0.6 is 0 Å². The predicted molar refractivity (Wildman–Crippen MR) is 76.4 cm³/mol. The fourth-order valence-corrected chi connectivity index (χ4v) is 2.57. The molecule has 1 aromatic rings. The smallest absolute Gasteiger partial charge is 0.237 e. The van der Waals surface area contributed by atoms with Crippen LogP contribution in [0.3, 0.4) is 0 Å². The Hall–Kier alpha value is -1.39. The van der Waals surface area contributed by atoms with Crippen molar-refractivity contribution in [3.8, 4) is 0 Å². The molecule has 2 N–H and O–H groups in total. The second kappa shape index (κ2) is 5.31. The highest BCUT2D eigenvalue weighted by atomic mass is 16.3. The van der Waals surface area contributed by atoms with Gasteiger partial charge in [0.25, 0.3) is 0 Å². The summed E-state index contributed by atoms with van der Waals surface area (Å²) in [5, 5.41) is 13.1. The van der Waals surface area contributed by atoms with E-state index in [0.717, 1.165) is 17.8 Å². The molecule has 2 rings (SSSR count). The van der Waals surface area contributed by atoms with Gasteiger partial charge in [-0.15, -0.1) is 0 Å². The minimum atomic E-state index is -0.550. The number of nitrogens with one attached hydrogen (secondary N) is 1. The van der Waals surface area contributed by atoms with Crippen LogP contribution in [0.4, 0.5) is 5.69 Å². The van der Waals surface area contributed by atoms with Gasteiger partial charge in [0.2, 0.25) is 5.91 Å². The average molecular weight is 262 g/mol. The number of para-hydroxylation sites is 1. The van der Waals surface area contributed by atoms with E-state index in [0.29, 0.717) is 13.1 Å². The number of rotatable bonds is 5. The summed E-state index contributed by atoms with van der Waals surface area (Å²) in [6.07, 6.45) is -0.550. The van der Waals surface area contributed by atoms with Gasteiger partial charge in [0.15, 0.2) is 0 Å². The van der Waals surface area contributed by atoms with Gasteiger partial charge in [-0.05, 0) is 32.0 Å². The van der Waals surface area contributed by atoms with Crippen LogP contribution < -0.4 is 10.2 Å². The first-order chi connectivity index (χ1) is 8.98. The number of hydrogen-bond acceptors (Lipinski definition) is 3. The van der Waals surface area contributed by atoms with Gasteiger partial charge in [-0.25, -0.2) is 0 Å². The molecular formula is C15H22N2O2. The summed E-state index contributed by atoms with van der Waals surface area (Å²) in [4.78, 5) is 14.2. The van der Waals surface area contributed by atoms with E-state index in [4.69, 9.17) is 0 Å². The molecule has 0 radical (unpaired) electrons. The summed E-state index contributed by atoms with van der Waals surface area (Å²) in [5.41, 5.74) is 1.46. The number of β-amino-alcohol motifs (C(OH)–C–C–N with tert-alkyl or cyclic N) is 1. The Morgan fingerprint density at radius 1 is 1.37 bits per heavy atom. The van der Waals surface area contributed by atoms with Gasteiger partial charge in [-0.1, -0.05) is 25.1 Å². The third-order valence-corrected chi connectivity index (χ3v) is 3.67. The largest absolute Gasteiger partial charge is 0.390 e. The Kier molecular flexibility index (Phi) is 3.92. The summed E-state index contributed by atoms with van der Waals surface area (Å²) in [7, 11) is 0. The van der Waals surface area contributed by atoms with Crippen LogP contribution in [0.1, 0.15) is 26.3 Å². The highest BCUT2D eigenvalue weighted by Gasteiger charge is 2.43. The molecule has 0 saturated heterocycles. The van der Waals surface area contributed by atoms with E-state index < -0.39 is 11.5 Å². The number of nitrogens with zero attached hydrogens (tertiary/aromatic N) is 1. The maximum Gasteiger partial charge on any atom is 0.237 e. The number of carbonyl (C=O) groups is 1. The number of likely N-dealkylation sites (N-methyl/N-ethyl adjacent to an activating group) is 1. The first-order valence-electron chi connectivity index (χ1n) is 6.78. The molecule has 0 fully saturated rings. The van der Waals surface area contributed by atoms with Gasteiger partial charge in [0.05, 0.1) is 18.1 Å². The molecular weight excluding hydrogens is 240 g/mol. The molecule has 4 heteroatoms. The summed E-state index contributed by atoms with van der Waals surface area (Å²) in [5.74, 6) is 0.0595. The Morgan fingerprint density at radius 3 is 2.74 bits per heavy atom. The van der Waals surface area contributed by atoms with Crippen LogP contribution in [0.25, 0.3) is 0 Å². The SMILES string of the molecule is CCNCC(O)CN1C(=O)C(C)(C)c2ccccc21. The molecule has 19 heavy (non-hydrogen) atoms. The molecule has 0 bridgehead atoms. The Morgan fingerprint density at radius 2 is 2.05 bits per heavy atom. The molecule has 104 valence electrons. The molecule has 1 aliphatic heterocycles. The minimum absolute atomic E-state index is 0.0595. The van der Waals surface area contributed by atoms with Crippen molar-refractivity contribution in [2.45, 2.75) is 32.3 Å². The maximum absolute atomic E-state index is 12.5. The third kappa shape index (κ3) is 2.51. The highest BCUT2D eigenvalue weighted by Crippen LogP contribution is 2.41. The van der Waals surface area contributed by atoms with Crippen molar-refractivity contribution in [3.63, 3.8) is 0 Å². The molecule has 1 heterocycles. The number of hydrogen-bond donors (Lipinski definition) is 2. The number of anilines is 1. The second-order valence-electron chi connectivity index (χ2n) is 5.52. The molecule has 0 aliphatic carbocycles. The van der Waals surface area contributed by atoms with E-state index in [9.17, 15) is 9.90 Å². The van der Waals surface area contributed by atoms with Gasteiger partial charge in [-0.2, -0.15) is 0 Å². The van der Waals surface area contributed by atoms with Crippen molar-refractivity contribution < 1.29 is 9.90 Å². The highest BCUT2D eigenvalue weighted by molar-refractivity contribution is 6.07. The van der Waals surface area contributed by atoms with E-state index in [2.05, 4.69) is 5.32 Å². The monoisotopic (exact) mass is 262 g/mol. The summed E-state index contributed by atoms with van der Waals surface area (Å²) < 4.78 is 0. The lowest BCUT2D eigenvalue weighted by atomic mass is 9.86. The van der Waals surface area contributed by atoms with Crippen molar-refractivity contribution in [1.82, 2.24) is 5.32 Å². The first-order valence-corrected chi connectivity index (χ1v) is 6.78. The van der Waals surface area contributed by atoms with Gasteiger partial charge < -0.3 is 15.3 Å². The Bertz CT molecular complexity index is 471. The van der Waals surface area contributed by atoms with Gasteiger partial charge >= 0.3 is 0 Å². The molecule has 1 aliphatic rings. The van der Waals surface area contributed by atoms with Crippen LogP contribution in [0.2, 0.25) is 0 Å². The number of fused-ring (bicyclic) bond motifs is 1. The van der Waals surface area contributed by atoms with Crippen LogP contribution in [-0.2, 0) is 10.2 Å². The van der Waals surface area contributed by atoms with Crippen LogP contribution in [-0.4, -0.2) is 36.8 Å². The normalized spacial score (nSPS) is 18.5.